The summed E-state index contributed by atoms with van der Waals surface area (Å²) in [6, 6.07) is 30.9. The lowest BCUT2D eigenvalue weighted by molar-refractivity contribution is -0.153. The van der Waals surface area contributed by atoms with Gasteiger partial charge in [0, 0.05) is 38.5 Å². The average Bonchev–Trinajstić information content (AvgIpc) is 3.14. The first-order chi connectivity index (χ1) is 24.7. The molecular weight excluding hydrogens is 648 g/mol. The molecule has 5 aromatic rings. The molecule has 0 saturated carbocycles. The third-order valence-electron chi connectivity index (χ3n) is 7.99. The number of esters is 3. The van der Waals surface area contributed by atoms with Crippen LogP contribution in [0.2, 0.25) is 0 Å². The second kappa shape index (κ2) is 15.4. The summed E-state index contributed by atoms with van der Waals surface area (Å²) >= 11 is 0. The molecule has 0 amide bonds. The molecule has 12 nitrogen and oxygen atoms in total. The minimum Gasteiger partial charge on any atom is -0.462 e. The molecule has 0 fully saturated rings. The van der Waals surface area contributed by atoms with Crippen LogP contribution in [0.3, 0.4) is 0 Å². The van der Waals surface area contributed by atoms with E-state index >= 15 is 0 Å². The monoisotopic (exact) mass is 684 g/mol. The maximum Gasteiger partial charge on any atom is 0.333 e. The third kappa shape index (κ3) is 8.42. The predicted octanol–water partition coefficient (Wildman–Crippen LogP) is 9.36. The lowest BCUT2D eigenvalue weighted by atomic mass is 9.99. The summed E-state index contributed by atoms with van der Waals surface area (Å²) in [4.78, 5) is 35.9. The summed E-state index contributed by atoms with van der Waals surface area (Å²) in [7, 11) is 0. The Balaban J connectivity index is 1.10. The topological polar surface area (TPSA) is 152 Å². The fourth-order valence-corrected chi connectivity index (χ4v) is 5.53. The van der Waals surface area contributed by atoms with Gasteiger partial charge < -0.3 is 24.8 Å². The van der Waals surface area contributed by atoms with Gasteiger partial charge in [0.1, 0.15) is 25.5 Å². The highest BCUT2D eigenvalue weighted by Crippen LogP contribution is 2.43. The summed E-state index contributed by atoms with van der Waals surface area (Å²) in [6.07, 6.45) is -0.319. The number of fused-ring (bicyclic) bond motifs is 1. The lowest BCUT2D eigenvalue weighted by Gasteiger charge is -2.38. The SMILES string of the molecule is C=C(C)C(=O)OCCOC(=O)CCC(=O)OCC1(C)Nc2cccc3c(N=Nc4ccc(N=Nc5ccccc5)c5ccccc45)ccc(c23)N1. The molecular formula is C39H36N6O6. The third-order valence-corrected chi connectivity index (χ3v) is 7.99. The molecule has 6 rings (SSSR count). The van der Waals surface area contributed by atoms with Crippen LogP contribution in [0.1, 0.15) is 26.7 Å². The van der Waals surface area contributed by atoms with Crippen molar-refractivity contribution in [2.75, 3.05) is 30.5 Å². The predicted molar refractivity (Wildman–Crippen MR) is 195 cm³/mol. The quantitative estimate of drug-likeness (QED) is 0.0409. The number of nitrogens with one attached hydrogen (secondary N) is 2. The minimum absolute atomic E-state index is 0.0109. The zero-order valence-corrected chi connectivity index (χ0v) is 28.2. The molecule has 2 N–H and O–H groups in total. The Morgan fingerprint density at radius 3 is 1.82 bits per heavy atom. The van der Waals surface area contributed by atoms with E-state index in [1.165, 1.54) is 6.92 Å². The molecule has 258 valence electrons. The van der Waals surface area contributed by atoms with Gasteiger partial charge in [-0.3, -0.25) is 9.59 Å². The van der Waals surface area contributed by atoms with Gasteiger partial charge in [-0.1, -0.05) is 61.2 Å². The zero-order chi connectivity index (χ0) is 35.8. The molecule has 1 aliphatic heterocycles. The number of azo groups is 2. The molecule has 0 spiro atoms. The molecule has 0 bridgehead atoms. The summed E-state index contributed by atoms with van der Waals surface area (Å²) in [5.41, 5.74) is 4.00. The largest absolute Gasteiger partial charge is 0.462 e. The van der Waals surface area contributed by atoms with Gasteiger partial charge in [-0.05, 0) is 56.3 Å². The Morgan fingerprint density at radius 1 is 0.627 bits per heavy atom. The maximum atomic E-state index is 12.5. The fraction of sp³-hybridized carbons (Fsp3) is 0.205. The van der Waals surface area contributed by atoms with E-state index in [1.54, 1.807) is 0 Å². The van der Waals surface area contributed by atoms with Crippen LogP contribution in [0, 0.1) is 0 Å². The Bertz CT molecular complexity index is 2170. The molecule has 0 saturated heterocycles. The van der Waals surface area contributed by atoms with Crippen molar-refractivity contribution in [2.45, 2.75) is 32.4 Å². The number of carbonyl (C=O) groups excluding carboxylic acids is 3. The standard InChI is InChI=1S/C39H36N6O6/c1-25(2)38(48)50-23-22-49-35(46)20-21-36(47)51-24-39(3)40-33-15-9-14-29-32(18-19-34(41-39)37(29)33)45-44-31-17-16-30(27-12-7-8-13-28(27)31)43-42-26-10-5-4-6-11-26/h4-19,40-41H,1,20-24H2,2-3H3. The highest BCUT2D eigenvalue weighted by Gasteiger charge is 2.32. The first kappa shape index (κ1) is 34.4. The Morgan fingerprint density at radius 2 is 1.16 bits per heavy atom. The van der Waals surface area contributed by atoms with Crippen molar-refractivity contribution in [1.29, 1.82) is 0 Å². The van der Waals surface area contributed by atoms with Crippen molar-refractivity contribution in [1.82, 2.24) is 0 Å². The van der Waals surface area contributed by atoms with Gasteiger partial charge in [-0.25, -0.2) is 4.79 Å². The molecule has 1 heterocycles. The van der Waals surface area contributed by atoms with Crippen molar-refractivity contribution in [3.63, 3.8) is 0 Å². The van der Waals surface area contributed by atoms with Gasteiger partial charge in [0.05, 0.1) is 35.6 Å². The van der Waals surface area contributed by atoms with Crippen molar-refractivity contribution in [2.24, 2.45) is 20.5 Å². The van der Waals surface area contributed by atoms with Crippen LogP contribution in [0.25, 0.3) is 21.5 Å². The first-order valence-electron chi connectivity index (χ1n) is 16.4. The van der Waals surface area contributed by atoms with E-state index in [-0.39, 0.29) is 38.2 Å². The second-order valence-corrected chi connectivity index (χ2v) is 12.1. The van der Waals surface area contributed by atoms with Crippen LogP contribution in [-0.2, 0) is 28.6 Å². The number of hydrogen-bond acceptors (Lipinski definition) is 12. The van der Waals surface area contributed by atoms with Crippen LogP contribution in [-0.4, -0.2) is 43.4 Å². The Hall–Kier alpha value is -6.43. The van der Waals surface area contributed by atoms with E-state index in [0.717, 1.165) is 44.3 Å². The van der Waals surface area contributed by atoms with Crippen molar-refractivity contribution >= 4 is 73.6 Å². The van der Waals surface area contributed by atoms with E-state index in [0.29, 0.717) is 11.4 Å². The highest BCUT2D eigenvalue weighted by atomic mass is 16.6. The summed E-state index contributed by atoms with van der Waals surface area (Å²) < 4.78 is 15.4. The number of carbonyl (C=O) groups is 3. The summed E-state index contributed by atoms with van der Waals surface area (Å²) in [6.45, 7) is 6.67. The van der Waals surface area contributed by atoms with E-state index in [9.17, 15) is 14.4 Å². The molecule has 0 aliphatic carbocycles. The molecule has 51 heavy (non-hydrogen) atoms. The zero-order valence-electron chi connectivity index (χ0n) is 28.2. The number of ether oxygens (including phenoxy) is 3. The van der Waals surface area contributed by atoms with Gasteiger partial charge in [0.25, 0.3) is 0 Å². The number of nitrogens with zero attached hydrogens (tertiary/aromatic N) is 4. The van der Waals surface area contributed by atoms with Crippen molar-refractivity contribution in [3.8, 4) is 0 Å². The molecule has 0 radical (unpaired) electrons. The van der Waals surface area contributed by atoms with E-state index in [2.05, 4.69) is 37.7 Å². The smallest absolute Gasteiger partial charge is 0.333 e. The van der Waals surface area contributed by atoms with E-state index in [4.69, 9.17) is 14.2 Å². The van der Waals surface area contributed by atoms with Crippen LogP contribution in [0.5, 0.6) is 0 Å². The molecule has 5 aromatic carbocycles. The minimum atomic E-state index is -0.827. The molecule has 12 heteroatoms. The Kier molecular flexibility index (Phi) is 10.4. The number of anilines is 2. The normalized spacial score (nSPS) is 15.0. The van der Waals surface area contributed by atoms with Gasteiger partial charge in [0.2, 0.25) is 0 Å². The van der Waals surface area contributed by atoms with Gasteiger partial charge in [-0.15, -0.1) is 15.3 Å². The Labute approximate surface area is 294 Å². The lowest BCUT2D eigenvalue weighted by Crippen LogP contribution is -2.49. The van der Waals surface area contributed by atoms with Gasteiger partial charge in [-0.2, -0.15) is 5.11 Å². The van der Waals surface area contributed by atoms with Crippen molar-refractivity contribution < 1.29 is 28.6 Å². The highest BCUT2D eigenvalue weighted by molar-refractivity contribution is 6.10. The van der Waals surface area contributed by atoms with Gasteiger partial charge >= 0.3 is 17.9 Å². The van der Waals surface area contributed by atoms with Crippen molar-refractivity contribution in [3.05, 3.63) is 109 Å². The van der Waals surface area contributed by atoms with E-state index < -0.39 is 23.6 Å². The maximum absolute atomic E-state index is 12.5. The number of benzene rings is 5. The van der Waals surface area contributed by atoms with Crippen LogP contribution < -0.4 is 10.6 Å². The van der Waals surface area contributed by atoms with Crippen LogP contribution >= 0.6 is 0 Å². The second-order valence-electron chi connectivity index (χ2n) is 12.1. The molecule has 1 aliphatic rings. The summed E-state index contributed by atoms with van der Waals surface area (Å²) in [5.74, 6) is -1.71. The molecule has 1 atom stereocenters. The molecule has 1 unspecified atom stereocenters. The fourth-order valence-electron chi connectivity index (χ4n) is 5.53. The van der Waals surface area contributed by atoms with Crippen LogP contribution in [0.15, 0.2) is 130 Å². The number of hydrogen-bond donors (Lipinski definition) is 2. The first-order valence-corrected chi connectivity index (χ1v) is 16.4. The molecule has 0 aromatic heterocycles. The van der Waals surface area contributed by atoms with E-state index in [1.807, 2.05) is 104 Å². The summed E-state index contributed by atoms with van der Waals surface area (Å²) in [5, 5.41) is 28.7. The van der Waals surface area contributed by atoms with Crippen LogP contribution in [0.4, 0.5) is 34.1 Å². The average molecular weight is 685 g/mol. The van der Waals surface area contributed by atoms with Gasteiger partial charge in [0.15, 0.2) is 0 Å². The number of rotatable bonds is 13.